The standard InChI is InChI=1S/C3H6Br2O/c1-6-3(5)2-4/h3H,2H2,1H3. The van der Waals surface area contributed by atoms with Crippen molar-refractivity contribution in [3.05, 3.63) is 0 Å². The van der Waals surface area contributed by atoms with E-state index in [0.29, 0.717) is 0 Å². The number of alkyl halides is 2. The number of rotatable bonds is 2. The van der Waals surface area contributed by atoms with Crippen LogP contribution >= 0.6 is 31.9 Å². The highest BCUT2D eigenvalue weighted by molar-refractivity contribution is 9.12. The van der Waals surface area contributed by atoms with Crippen LogP contribution in [0.1, 0.15) is 0 Å². The molecule has 0 amide bonds. The first-order valence-corrected chi connectivity index (χ1v) is 3.57. The van der Waals surface area contributed by atoms with Gasteiger partial charge in [0, 0.05) is 12.4 Å². The molecule has 0 bridgehead atoms. The van der Waals surface area contributed by atoms with E-state index in [1.165, 1.54) is 0 Å². The van der Waals surface area contributed by atoms with Crippen LogP contribution in [0.5, 0.6) is 0 Å². The lowest BCUT2D eigenvalue weighted by Gasteiger charge is -1.97. The summed E-state index contributed by atoms with van der Waals surface area (Å²) in [5.74, 6) is 0. The van der Waals surface area contributed by atoms with Crippen LogP contribution in [0.25, 0.3) is 0 Å². The van der Waals surface area contributed by atoms with Gasteiger partial charge >= 0.3 is 0 Å². The summed E-state index contributed by atoms with van der Waals surface area (Å²) < 4.78 is 4.77. The second-order valence-electron chi connectivity index (χ2n) is 0.800. The molecule has 0 aliphatic carbocycles. The van der Waals surface area contributed by atoms with Gasteiger partial charge in [0.15, 0.2) is 0 Å². The molecule has 6 heavy (non-hydrogen) atoms. The maximum absolute atomic E-state index is 4.77. The van der Waals surface area contributed by atoms with Crippen LogP contribution in [0.2, 0.25) is 0 Å². The highest BCUT2D eigenvalue weighted by Crippen LogP contribution is 2.01. The van der Waals surface area contributed by atoms with Crippen LogP contribution in [0.4, 0.5) is 0 Å². The summed E-state index contributed by atoms with van der Waals surface area (Å²) in [7, 11) is 1.65. The molecule has 38 valence electrons. The van der Waals surface area contributed by atoms with Gasteiger partial charge < -0.3 is 4.74 Å². The molecule has 0 saturated carbocycles. The van der Waals surface area contributed by atoms with Crippen molar-refractivity contribution in [3.8, 4) is 0 Å². The number of methoxy groups -OCH3 is 1. The normalized spacial score (nSPS) is 14.5. The topological polar surface area (TPSA) is 9.23 Å². The number of ether oxygens (including phenoxy) is 1. The molecule has 1 unspecified atom stereocenters. The summed E-state index contributed by atoms with van der Waals surface area (Å²) in [4.78, 5) is 0. The Morgan fingerprint density at radius 2 is 2.33 bits per heavy atom. The summed E-state index contributed by atoms with van der Waals surface area (Å²) in [5, 5.41) is 1.00. The first-order valence-electron chi connectivity index (χ1n) is 1.54. The maximum atomic E-state index is 4.77. The molecular weight excluding hydrogens is 212 g/mol. The minimum Gasteiger partial charge on any atom is -0.369 e. The Hall–Kier alpha value is 0.920. The molecule has 0 rings (SSSR count). The van der Waals surface area contributed by atoms with Crippen molar-refractivity contribution < 1.29 is 4.74 Å². The van der Waals surface area contributed by atoms with Gasteiger partial charge in [0.25, 0.3) is 0 Å². The van der Waals surface area contributed by atoms with Crippen molar-refractivity contribution in [1.82, 2.24) is 0 Å². The van der Waals surface area contributed by atoms with Gasteiger partial charge in [0.05, 0.1) is 0 Å². The minimum atomic E-state index is 0.164. The van der Waals surface area contributed by atoms with Crippen LogP contribution < -0.4 is 0 Å². The molecule has 0 aromatic rings. The van der Waals surface area contributed by atoms with Crippen LogP contribution in [0, 0.1) is 0 Å². The van der Waals surface area contributed by atoms with E-state index in [0.717, 1.165) is 5.33 Å². The molecule has 0 aromatic carbocycles. The predicted molar refractivity (Wildman–Crippen MR) is 33.5 cm³/mol. The average molecular weight is 218 g/mol. The molecular formula is C3H6Br2O. The smallest absolute Gasteiger partial charge is 0.121 e. The van der Waals surface area contributed by atoms with Gasteiger partial charge in [0.1, 0.15) is 5.01 Å². The Kier molecular flexibility index (Phi) is 4.72. The highest BCUT2D eigenvalue weighted by atomic mass is 79.9. The average Bonchev–Trinajstić information content (AvgIpc) is 1.65. The van der Waals surface area contributed by atoms with Crippen molar-refractivity contribution in [2.45, 2.75) is 5.01 Å². The number of hydrogen-bond acceptors (Lipinski definition) is 1. The quantitative estimate of drug-likeness (QED) is 0.641. The van der Waals surface area contributed by atoms with E-state index in [2.05, 4.69) is 31.9 Å². The van der Waals surface area contributed by atoms with Crippen molar-refractivity contribution in [2.24, 2.45) is 0 Å². The number of halogens is 2. The monoisotopic (exact) mass is 216 g/mol. The second-order valence-corrected chi connectivity index (χ2v) is 2.47. The van der Waals surface area contributed by atoms with Crippen LogP contribution in [-0.2, 0) is 4.74 Å². The van der Waals surface area contributed by atoms with E-state index >= 15 is 0 Å². The molecule has 0 aliphatic rings. The van der Waals surface area contributed by atoms with Crippen LogP contribution in [-0.4, -0.2) is 17.5 Å². The summed E-state index contributed by atoms with van der Waals surface area (Å²) in [6.45, 7) is 0. The van der Waals surface area contributed by atoms with Crippen molar-refractivity contribution in [2.75, 3.05) is 12.4 Å². The molecule has 0 heterocycles. The summed E-state index contributed by atoms with van der Waals surface area (Å²) in [5.41, 5.74) is 0. The molecule has 0 aliphatic heterocycles. The van der Waals surface area contributed by atoms with Gasteiger partial charge in [-0.05, 0) is 0 Å². The largest absolute Gasteiger partial charge is 0.369 e. The van der Waals surface area contributed by atoms with Gasteiger partial charge in [-0.15, -0.1) is 0 Å². The van der Waals surface area contributed by atoms with E-state index < -0.39 is 0 Å². The highest BCUT2D eigenvalue weighted by Gasteiger charge is 1.92. The first kappa shape index (κ1) is 6.92. The molecule has 0 saturated heterocycles. The van der Waals surface area contributed by atoms with E-state index in [9.17, 15) is 0 Å². The van der Waals surface area contributed by atoms with Gasteiger partial charge in [-0.25, -0.2) is 0 Å². The van der Waals surface area contributed by atoms with E-state index in [1.807, 2.05) is 0 Å². The summed E-state index contributed by atoms with van der Waals surface area (Å²) in [6.07, 6.45) is 0. The van der Waals surface area contributed by atoms with E-state index in [1.54, 1.807) is 7.11 Å². The maximum Gasteiger partial charge on any atom is 0.121 e. The zero-order valence-corrected chi connectivity index (χ0v) is 6.62. The Morgan fingerprint density at radius 1 is 1.83 bits per heavy atom. The van der Waals surface area contributed by atoms with Gasteiger partial charge in [-0.3, -0.25) is 0 Å². The first-order chi connectivity index (χ1) is 2.81. The van der Waals surface area contributed by atoms with Crippen molar-refractivity contribution >= 4 is 31.9 Å². The fourth-order valence-corrected chi connectivity index (χ4v) is 0.327. The summed E-state index contributed by atoms with van der Waals surface area (Å²) >= 11 is 6.41. The third-order valence-corrected chi connectivity index (χ3v) is 2.53. The third-order valence-electron chi connectivity index (χ3n) is 0.377. The van der Waals surface area contributed by atoms with E-state index in [4.69, 9.17) is 4.74 Å². The SMILES string of the molecule is COC(Br)CBr. The third kappa shape index (κ3) is 3.12. The van der Waals surface area contributed by atoms with Gasteiger partial charge in [-0.1, -0.05) is 31.9 Å². The van der Waals surface area contributed by atoms with Gasteiger partial charge in [-0.2, -0.15) is 0 Å². The molecule has 3 heteroatoms. The molecule has 0 spiro atoms. The van der Waals surface area contributed by atoms with E-state index in [-0.39, 0.29) is 5.01 Å². The predicted octanol–water partition coefficient (Wildman–Crippen LogP) is 1.75. The molecule has 0 fully saturated rings. The number of hydrogen-bond donors (Lipinski definition) is 0. The zero-order valence-electron chi connectivity index (χ0n) is 3.45. The molecule has 0 N–H and O–H groups in total. The lowest BCUT2D eigenvalue weighted by atomic mass is 10.9. The second kappa shape index (κ2) is 4.09. The van der Waals surface area contributed by atoms with Crippen molar-refractivity contribution in [1.29, 1.82) is 0 Å². The minimum absolute atomic E-state index is 0.164. The lowest BCUT2D eigenvalue weighted by molar-refractivity contribution is 0.197. The van der Waals surface area contributed by atoms with Crippen molar-refractivity contribution in [3.63, 3.8) is 0 Å². The Bertz CT molecular complexity index is 28.0. The fraction of sp³-hybridized carbons (Fsp3) is 1.00. The molecule has 1 atom stereocenters. The summed E-state index contributed by atoms with van der Waals surface area (Å²) in [6, 6.07) is 0. The van der Waals surface area contributed by atoms with Crippen LogP contribution in [0.3, 0.4) is 0 Å². The zero-order chi connectivity index (χ0) is 4.99. The molecule has 0 radical (unpaired) electrons. The Balaban J connectivity index is 2.75. The Morgan fingerprint density at radius 3 is 2.33 bits per heavy atom. The van der Waals surface area contributed by atoms with Gasteiger partial charge in [0.2, 0.25) is 0 Å². The molecule has 0 aromatic heterocycles. The van der Waals surface area contributed by atoms with Crippen LogP contribution in [0.15, 0.2) is 0 Å². The molecule has 1 nitrogen and oxygen atoms in total. The Labute approximate surface area is 54.3 Å². The fourth-order valence-electron chi connectivity index (χ4n) is 0.0630. The lowest BCUT2D eigenvalue weighted by Crippen LogP contribution is -1.99.